The van der Waals surface area contributed by atoms with E-state index in [1.165, 1.54) is 5.56 Å². The maximum absolute atomic E-state index is 11.0. The normalized spacial score (nSPS) is 11.3. The van der Waals surface area contributed by atoms with E-state index in [0.29, 0.717) is 28.7 Å². The van der Waals surface area contributed by atoms with Crippen LogP contribution in [0.3, 0.4) is 0 Å². The van der Waals surface area contributed by atoms with E-state index in [1.54, 1.807) is 25.3 Å². The van der Waals surface area contributed by atoms with Crippen molar-refractivity contribution in [2.75, 3.05) is 12.4 Å². The van der Waals surface area contributed by atoms with Gasteiger partial charge in [-0.3, -0.25) is 0 Å². The molecule has 2 N–H and O–H groups in total. The molecule has 0 aliphatic carbocycles. The zero-order chi connectivity index (χ0) is 23.5. The second-order valence-electron chi connectivity index (χ2n) is 7.68. The molecule has 33 heavy (non-hydrogen) atoms. The number of para-hydroxylation sites is 1. The fourth-order valence-corrected chi connectivity index (χ4v) is 4.08. The number of hydrogen-bond acceptors (Lipinski definition) is 4. The van der Waals surface area contributed by atoms with Gasteiger partial charge in [-0.25, -0.2) is 0 Å². The second-order valence-corrected chi connectivity index (χ2v) is 8.48. The van der Waals surface area contributed by atoms with Gasteiger partial charge in [0.05, 0.1) is 24.2 Å². The molecular formula is C25H23ClN4O2S. The predicted octanol–water partition coefficient (Wildman–Crippen LogP) is 7.15. The number of aromatic hydroxyl groups is 1. The Bertz CT molecular complexity index is 1380. The fraction of sp³-hybridized carbons (Fsp3) is 0.160. The molecule has 6 nitrogen and oxygen atoms in total. The Hall–Kier alpha value is -3.42. The molecule has 0 fully saturated rings. The highest BCUT2D eigenvalue weighted by Crippen LogP contribution is 2.39. The number of nitrogens with zero attached hydrogens (tertiary/aromatic N) is 3. The number of aromatic nitrogens is 1. The van der Waals surface area contributed by atoms with E-state index in [2.05, 4.69) is 47.6 Å². The number of hydrogen-bond donors (Lipinski definition) is 2. The molecule has 0 saturated heterocycles. The van der Waals surface area contributed by atoms with Crippen LogP contribution >= 0.6 is 23.8 Å². The number of ether oxygens (including phenoxy) is 1. The molecular weight excluding hydrogens is 456 g/mol. The SMILES string of the molecule is COc1ccc(NC(=S)N=Nc2c(O)n(Cc3cc(C)ccc3C)c3ccccc23)cc1Cl. The summed E-state index contributed by atoms with van der Waals surface area (Å²) < 4.78 is 7.00. The monoisotopic (exact) mass is 478 g/mol. The average molecular weight is 479 g/mol. The Balaban J connectivity index is 1.63. The number of halogens is 1. The highest BCUT2D eigenvalue weighted by molar-refractivity contribution is 7.80. The van der Waals surface area contributed by atoms with E-state index in [0.717, 1.165) is 22.0 Å². The Morgan fingerprint density at radius 1 is 1.12 bits per heavy atom. The van der Waals surface area contributed by atoms with Gasteiger partial charge in [0.25, 0.3) is 0 Å². The predicted molar refractivity (Wildman–Crippen MR) is 137 cm³/mol. The summed E-state index contributed by atoms with van der Waals surface area (Å²) in [5.74, 6) is 0.604. The number of azo groups is 1. The zero-order valence-electron chi connectivity index (χ0n) is 18.5. The Morgan fingerprint density at radius 3 is 2.67 bits per heavy atom. The first kappa shape index (κ1) is 22.8. The molecule has 0 radical (unpaired) electrons. The van der Waals surface area contributed by atoms with Crippen molar-refractivity contribution in [2.24, 2.45) is 10.2 Å². The third-order valence-corrected chi connectivity index (χ3v) is 5.87. The van der Waals surface area contributed by atoms with Crippen LogP contribution in [0.5, 0.6) is 11.6 Å². The van der Waals surface area contributed by atoms with Crippen molar-refractivity contribution in [1.82, 2.24) is 4.57 Å². The van der Waals surface area contributed by atoms with Gasteiger partial charge in [-0.2, -0.15) is 0 Å². The van der Waals surface area contributed by atoms with Gasteiger partial charge in [0.2, 0.25) is 11.0 Å². The molecule has 3 aromatic carbocycles. The Morgan fingerprint density at radius 2 is 1.91 bits per heavy atom. The highest BCUT2D eigenvalue weighted by Gasteiger charge is 2.17. The number of nitrogens with one attached hydrogen (secondary N) is 1. The fourth-order valence-electron chi connectivity index (χ4n) is 3.66. The standard InChI is InChI=1S/C25H23ClN4O2S/c1-15-8-9-16(2)17(12-15)14-30-21-7-5-4-6-19(21)23(24(30)31)28-29-25(33)27-18-10-11-22(32-3)20(26)13-18/h4-13,31H,14H2,1-3H3,(H,27,33). The van der Waals surface area contributed by atoms with Crippen molar-refractivity contribution >= 4 is 51.2 Å². The summed E-state index contributed by atoms with van der Waals surface area (Å²) >= 11 is 11.5. The van der Waals surface area contributed by atoms with Crippen molar-refractivity contribution in [3.8, 4) is 11.6 Å². The smallest absolute Gasteiger partial charge is 0.221 e. The minimum Gasteiger partial charge on any atom is -0.495 e. The molecule has 4 aromatic rings. The summed E-state index contributed by atoms with van der Waals surface area (Å²) in [5, 5.41) is 23.8. The van der Waals surface area contributed by atoms with Crippen LogP contribution < -0.4 is 10.1 Å². The van der Waals surface area contributed by atoms with Crippen molar-refractivity contribution in [3.05, 3.63) is 82.4 Å². The Kier molecular flexibility index (Phi) is 6.62. The van der Waals surface area contributed by atoms with Gasteiger partial charge in [-0.05, 0) is 61.5 Å². The molecule has 0 aliphatic heterocycles. The number of rotatable bonds is 5. The minimum absolute atomic E-state index is 0.0381. The molecule has 0 aliphatic rings. The summed E-state index contributed by atoms with van der Waals surface area (Å²) in [5.41, 5.74) is 5.35. The third-order valence-electron chi connectivity index (χ3n) is 5.39. The molecule has 0 spiro atoms. The van der Waals surface area contributed by atoms with Crippen molar-refractivity contribution in [3.63, 3.8) is 0 Å². The molecule has 168 valence electrons. The van der Waals surface area contributed by atoms with Gasteiger partial charge in [-0.1, -0.05) is 53.6 Å². The lowest BCUT2D eigenvalue weighted by Crippen LogP contribution is -2.04. The molecule has 1 aromatic heterocycles. The largest absolute Gasteiger partial charge is 0.495 e. The molecule has 0 amide bonds. The molecule has 8 heteroatoms. The van der Waals surface area contributed by atoms with E-state index in [1.807, 2.05) is 28.8 Å². The van der Waals surface area contributed by atoms with E-state index < -0.39 is 0 Å². The maximum atomic E-state index is 11.0. The molecule has 0 bridgehead atoms. The van der Waals surface area contributed by atoms with Crippen LogP contribution in [-0.2, 0) is 6.54 Å². The average Bonchev–Trinajstić information content (AvgIpc) is 3.06. The van der Waals surface area contributed by atoms with Gasteiger partial charge in [-0.15, -0.1) is 10.2 Å². The van der Waals surface area contributed by atoms with Gasteiger partial charge in [0.1, 0.15) is 5.75 Å². The first-order valence-corrected chi connectivity index (χ1v) is 11.1. The lowest BCUT2D eigenvalue weighted by molar-refractivity contribution is 0.415. The first-order valence-electron chi connectivity index (χ1n) is 10.3. The number of benzene rings is 3. The molecule has 1 heterocycles. The van der Waals surface area contributed by atoms with Gasteiger partial charge in [0, 0.05) is 11.1 Å². The van der Waals surface area contributed by atoms with Gasteiger partial charge >= 0.3 is 0 Å². The van der Waals surface area contributed by atoms with Crippen LogP contribution in [-0.4, -0.2) is 21.9 Å². The van der Waals surface area contributed by atoms with Crippen molar-refractivity contribution < 1.29 is 9.84 Å². The molecule has 0 saturated carbocycles. The summed E-state index contributed by atoms with van der Waals surface area (Å²) in [6, 6.07) is 19.2. The van der Waals surface area contributed by atoms with Crippen LogP contribution in [0.4, 0.5) is 11.4 Å². The summed E-state index contributed by atoms with van der Waals surface area (Å²) in [6.45, 7) is 4.64. The van der Waals surface area contributed by atoms with E-state index in [-0.39, 0.29) is 11.0 Å². The lowest BCUT2D eigenvalue weighted by Gasteiger charge is -2.11. The summed E-state index contributed by atoms with van der Waals surface area (Å²) in [4.78, 5) is 0. The quantitative estimate of drug-likeness (QED) is 0.236. The molecule has 0 unspecified atom stereocenters. The number of aryl methyl sites for hydroxylation is 2. The summed E-state index contributed by atoms with van der Waals surface area (Å²) in [7, 11) is 1.55. The summed E-state index contributed by atoms with van der Waals surface area (Å²) in [6.07, 6.45) is 0. The lowest BCUT2D eigenvalue weighted by atomic mass is 10.1. The second kappa shape index (κ2) is 9.60. The van der Waals surface area contributed by atoms with E-state index >= 15 is 0 Å². The van der Waals surface area contributed by atoms with E-state index in [4.69, 9.17) is 28.6 Å². The van der Waals surface area contributed by atoms with Crippen LogP contribution in [0.1, 0.15) is 16.7 Å². The minimum atomic E-state index is 0.0381. The topological polar surface area (TPSA) is 71.1 Å². The van der Waals surface area contributed by atoms with Crippen LogP contribution in [0, 0.1) is 13.8 Å². The maximum Gasteiger partial charge on any atom is 0.221 e. The first-order chi connectivity index (χ1) is 15.9. The number of fused-ring (bicyclic) bond motifs is 1. The van der Waals surface area contributed by atoms with Gasteiger partial charge in [0.15, 0.2) is 5.69 Å². The van der Waals surface area contributed by atoms with Gasteiger partial charge < -0.3 is 19.7 Å². The number of thiocarbonyl (C=S) groups is 1. The van der Waals surface area contributed by atoms with Crippen LogP contribution in [0.15, 0.2) is 70.9 Å². The number of anilines is 1. The van der Waals surface area contributed by atoms with Crippen molar-refractivity contribution in [2.45, 2.75) is 20.4 Å². The third kappa shape index (κ3) is 4.84. The van der Waals surface area contributed by atoms with Crippen LogP contribution in [0.25, 0.3) is 10.9 Å². The molecule has 0 atom stereocenters. The Labute approximate surface area is 202 Å². The van der Waals surface area contributed by atoms with E-state index in [9.17, 15) is 5.11 Å². The molecule has 4 rings (SSSR count). The van der Waals surface area contributed by atoms with Crippen LogP contribution in [0.2, 0.25) is 5.02 Å². The number of methoxy groups -OCH3 is 1. The highest BCUT2D eigenvalue weighted by atomic mass is 35.5. The van der Waals surface area contributed by atoms with Crippen molar-refractivity contribution in [1.29, 1.82) is 0 Å². The zero-order valence-corrected chi connectivity index (χ0v) is 20.0.